The van der Waals surface area contributed by atoms with Crippen LogP contribution in [-0.2, 0) is 0 Å². The molecule has 6 heteroatoms. The number of halogens is 2. The lowest BCUT2D eigenvalue weighted by Crippen LogP contribution is -2.34. The summed E-state index contributed by atoms with van der Waals surface area (Å²) >= 11 is 0. The average Bonchev–Trinajstić information content (AvgIpc) is 2.98. The number of hydrogen-bond donors (Lipinski definition) is 1. The van der Waals surface area contributed by atoms with E-state index in [9.17, 15) is 18.7 Å². The number of rotatable bonds is 5. The fourth-order valence-electron chi connectivity index (χ4n) is 3.45. The summed E-state index contributed by atoms with van der Waals surface area (Å²) in [7, 11) is 1.62. The number of fused-ring (bicyclic) bond motifs is 1. The van der Waals surface area contributed by atoms with Crippen LogP contribution in [0.5, 0.6) is 5.75 Å². The van der Waals surface area contributed by atoms with Crippen LogP contribution < -0.4 is 4.74 Å². The van der Waals surface area contributed by atoms with Gasteiger partial charge in [-0.1, -0.05) is 30.7 Å². The van der Waals surface area contributed by atoms with Gasteiger partial charge in [0.15, 0.2) is 0 Å². The fraction of sp³-hybridized carbons (Fsp3) is 0.421. The Morgan fingerprint density at radius 2 is 1.96 bits per heavy atom. The van der Waals surface area contributed by atoms with Crippen LogP contribution in [-0.4, -0.2) is 42.2 Å². The van der Waals surface area contributed by atoms with Crippen LogP contribution in [0.3, 0.4) is 0 Å². The molecule has 1 N–H and O–H groups in total. The quantitative estimate of drug-likeness (QED) is 0.896. The summed E-state index contributed by atoms with van der Waals surface area (Å²) in [4.78, 5) is 14.3. The molecule has 2 unspecified atom stereocenters. The first-order valence-electron chi connectivity index (χ1n) is 8.37. The van der Waals surface area contributed by atoms with Gasteiger partial charge >= 0.3 is 6.61 Å². The Balaban J connectivity index is 1.90. The van der Waals surface area contributed by atoms with Crippen molar-refractivity contribution in [1.29, 1.82) is 0 Å². The summed E-state index contributed by atoms with van der Waals surface area (Å²) < 4.78 is 30.1. The summed E-state index contributed by atoms with van der Waals surface area (Å²) in [5.74, 6) is -0.494. The van der Waals surface area contributed by atoms with Crippen LogP contribution in [0.1, 0.15) is 29.6 Å². The molecule has 0 aliphatic heterocycles. The smallest absolute Gasteiger partial charge is 0.387 e. The SMILES string of the molecule is CN(CC1CCCC1O)C(=O)c1cc2ccccc2cc1OC(F)F. The highest BCUT2D eigenvalue weighted by Crippen LogP contribution is 2.30. The van der Waals surface area contributed by atoms with Crippen molar-refractivity contribution in [3.05, 3.63) is 42.0 Å². The van der Waals surface area contributed by atoms with Gasteiger partial charge in [0.2, 0.25) is 0 Å². The van der Waals surface area contributed by atoms with E-state index in [1.54, 1.807) is 25.2 Å². The van der Waals surface area contributed by atoms with Crippen molar-refractivity contribution in [1.82, 2.24) is 4.90 Å². The molecule has 1 aliphatic carbocycles. The van der Waals surface area contributed by atoms with Gasteiger partial charge in [-0.15, -0.1) is 0 Å². The molecular formula is C19H21F2NO3. The molecule has 1 fully saturated rings. The summed E-state index contributed by atoms with van der Waals surface area (Å²) in [6.45, 7) is -2.62. The fourth-order valence-corrected chi connectivity index (χ4v) is 3.45. The summed E-state index contributed by atoms with van der Waals surface area (Å²) in [6.07, 6.45) is 2.12. The van der Waals surface area contributed by atoms with E-state index in [0.717, 1.165) is 30.0 Å². The van der Waals surface area contributed by atoms with E-state index >= 15 is 0 Å². The molecule has 2 atom stereocenters. The first-order chi connectivity index (χ1) is 12.0. The molecule has 2 aromatic carbocycles. The Morgan fingerprint density at radius 1 is 1.28 bits per heavy atom. The number of carbonyl (C=O) groups is 1. The number of carbonyl (C=O) groups excluding carboxylic acids is 1. The molecular weight excluding hydrogens is 328 g/mol. The third-order valence-electron chi connectivity index (χ3n) is 4.77. The molecule has 0 heterocycles. The van der Waals surface area contributed by atoms with Crippen LogP contribution in [0.4, 0.5) is 8.78 Å². The van der Waals surface area contributed by atoms with Crippen molar-refractivity contribution >= 4 is 16.7 Å². The van der Waals surface area contributed by atoms with Gasteiger partial charge in [-0.2, -0.15) is 8.78 Å². The third-order valence-corrected chi connectivity index (χ3v) is 4.77. The van der Waals surface area contributed by atoms with E-state index in [1.807, 2.05) is 12.1 Å². The minimum absolute atomic E-state index is 0.0221. The normalized spacial score (nSPS) is 20.2. The average molecular weight is 349 g/mol. The molecule has 0 radical (unpaired) electrons. The molecule has 1 amide bonds. The molecule has 2 aromatic rings. The molecule has 3 rings (SSSR count). The predicted octanol–water partition coefficient (Wildman–Crippen LogP) is 3.67. The zero-order valence-electron chi connectivity index (χ0n) is 14.0. The zero-order chi connectivity index (χ0) is 18.0. The molecule has 25 heavy (non-hydrogen) atoms. The van der Waals surface area contributed by atoms with Gasteiger partial charge in [-0.25, -0.2) is 0 Å². The number of amides is 1. The summed E-state index contributed by atoms with van der Waals surface area (Å²) in [5.41, 5.74) is 0.106. The van der Waals surface area contributed by atoms with Crippen LogP contribution in [0, 0.1) is 5.92 Å². The highest BCUT2D eigenvalue weighted by Gasteiger charge is 2.29. The predicted molar refractivity (Wildman–Crippen MR) is 90.9 cm³/mol. The van der Waals surface area contributed by atoms with Crippen molar-refractivity contribution in [2.75, 3.05) is 13.6 Å². The maximum Gasteiger partial charge on any atom is 0.387 e. The Labute approximate surface area is 145 Å². The second kappa shape index (κ2) is 7.35. The van der Waals surface area contributed by atoms with Crippen molar-refractivity contribution in [3.8, 4) is 5.75 Å². The Morgan fingerprint density at radius 3 is 2.56 bits per heavy atom. The number of aliphatic hydroxyl groups excluding tert-OH is 1. The van der Waals surface area contributed by atoms with Crippen LogP contribution in [0.15, 0.2) is 36.4 Å². The lowest BCUT2D eigenvalue weighted by atomic mass is 10.0. The molecule has 0 bridgehead atoms. The third kappa shape index (κ3) is 3.90. The molecule has 1 aliphatic rings. The number of aliphatic hydroxyl groups is 1. The van der Waals surface area contributed by atoms with Crippen LogP contribution >= 0.6 is 0 Å². The molecule has 0 aromatic heterocycles. The number of alkyl halides is 2. The van der Waals surface area contributed by atoms with Gasteiger partial charge in [0, 0.05) is 19.5 Å². The summed E-state index contributed by atoms with van der Waals surface area (Å²) in [6, 6.07) is 10.3. The second-order valence-electron chi connectivity index (χ2n) is 6.52. The van der Waals surface area contributed by atoms with Crippen molar-refractivity contribution in [2.24, 2.45) is 5.92 Å². The van der Waals surface area contributed by atoms with Crippen LogP contribution in [0.25, 0.3) is 10.8 Å². The number of hydrogen-bond acceptors (Lipinski definition) is 3. The number of nitrogens with zero attached hydrogens (tertiary/aromatic N) is 1. The van der Waals surface area contributed by atoms with E-state index in [2.05, 4.69) is 4.74 Å². The molecule has 4 nitrogen and oxygen atoms in total. The van der Waals surface area contributed by atoms with Gasteiger partial charge < -0.3 is 14.7 Å². The van der Waals surface area contributed by atoms with Crippen molar-refractivity contribution in [3.63, 3.8) is 0 Å². The second-order valence-corrected chi connectivity index (χ2v) is 6.52. The lowest BCUT2D eigenvalue weighted by Gasteiger charge is -2.24. The van der Waals surface area contributed by atoms with Gasteiger partial charge in [-0.3, -0.25) is 4.79 Å². The van der Waals surface area contributed by atoms with Gasteiger partial charge in [-0.05, 0) is 35.7 Å². The number of ether oxygens (including phenoxy) is 1. The minimum Gasteiger partial charge on any atom is -0.434 e. The van der Waals surface area contributed by atoms with Gasteiger partial charge in [0.1, 0.15) is 5.75 Å². The van der Waals surface area contributed by atoms with Gasteiger partial charge in [0.05, 0.1) is 11.7 Å². The van der Waals surface area contributed by atoms with E-state index < -0.39 is 12.7 Å². The maximum atomic E-state index is 12.8. The first kappa shape index (κ1) is 17.6. The highest BCUT2D eigenvalue weighted by molar-refractivity contribution is 6.01. The maximum absolute atomic E-state index is 12.8. The standard InChI is InChI=1S/C19H21F2NO3/c1-22(11-14-7-4-8-16(14)23)18(24)15-9-12-5-2-3-6-13(12)10-17(15)25-19(20)21/h2-3,5-6,9-10,14,16,19,23H,4,7-8,11H2,1H3. The topological polar surface area (TPSA) is 49.8 Å². The van der Waals surface area contributed by atoms with Crippen molar-refractivity contribution in [2.45, 2.75) is 32.0 Å². The zero-order valence-corrected chi connectivity index (χ0v) is 14.0. The lowest BCUT2D eigenvalue weighted by molar-refractivity contribution is -0.0501. The molecule has 0 saturated heterocycles. The highest BCUT2D eigenvalue weighted by atomic mass is 19.3. The number of benzene rings is 2. The largest absolute Gasteiger partial charge is 0.434 e. The van der Waals surface area contributed by atoms with Crippen molar-refractivity contribution < 1.29 is 23.4 Å². The van der Waals surface area contributed by atoms with Gasteiger partial charge in [0.25, 0.3) is 5.91 Å². The van der Waals surface area contributed by atoms with E-state index in [4.69, 9.17) is 0 Å². The minimum atomic E-state index is -3.00. The van der Waals surface area contributed by atoms with E-state index in [0.29, 0.717) is 6.54 Å². The first-order valence-corrected chi connectivity index (χ1v) is 8.37. The van der Waals surface area contributed by atoms with Crippen LogP contribution in [0.2, 0.25) is 0 Å². The monoisotopic (exact) mass is 349 g/mol. The summed E-state index contributed by atoms with van der Waals surface area (Å²) in [5, 5.41) is 11.4. The Bertz CT molecular complexity index is 765. The Kier molecular flexibility index (Phi) is 5.18. The Hall–Kier alpha value is -2.21. The van der Waals surface area contributed by atoms with E-state index in [1.165, 1.54) is 11.0 Å². The molecule has 134 valence electrons. The molecule has 1 saturated carbocycles. The van der Waals surface area contributed by atoms with E-state index in [-0.39, 0.29) is 23.1 Å². The molecule has 0 spiro atoms.